The quantitative estimate of drug-likeness (QED) is 0.722. The van der Waals surface area contributed by atoms with E-state index in [0.29, 0.717) is 19.0 Å². The standard InChI is InChI=1S/C18H23ClN2O5S/c1-12-9-14(12)18(23)26-11-17(22)20-16-10-13(5-6-15(16)19)27(24,25)21-7-3-2-4-8-21/h5-6,10,12,14H,2-4,7-9,11H2,1H3,(H,20,22)/t12-,14+/m0/s1. The topological polar surface area (TPSA) is 92.8 Å². The Morgan fingerprint density at radius 3 is 2.56 bits per heavy atom. The van der Waals surface area contributed by atoms with Gasteiger partial charge >= 0.3 is 5.97 Å². The zero-order chi connectivity index (χ0) is 19.6. The number of nitrogens with zero attached hydrogens (tertiary/aromatic N) is 1. The van der Waals surface area contributed by atoms with Crippen molar-refractivity contribution in [3.8, 4) is 0 Å². The van der Waals surface area contributed by atoms with E-state index in [1.165, 1.54) is 22.5 Å². The third kappa shape index (κ3) is 4.80. The molecule has 7 nitrogen and oxygen atoms in total. The predicted octanol–water partition coefficient (Wildman–Crippen LogP) is 2.65. The van der Waals surface area contributed by atoms with E-state index in [-0.39, 0.29) is 27.5 Å². The second-order valence-electron chi connectivity index (χ2n) is 7.08. The van der Waals surface area contributed by atoms with Gasteiger partial charge in [0.25, 0.3) is 5.91 Å². The second kappa shape index (κ2) is 8.16. The van der Waals surface area contributed by atoms with Gasteiger partial charge in [-0.25, -0.2) is 8.42 Å². The van der Waals surface area contributed by atoms with Crippen LogP contribution in [0.1, 0.15) is 32.6 Å². The molecular formula is C18H23ClN2O5S. The van der Waals surface area contributed by atoms with Crippen molar-refractivity contribution in [1.29, 1.82) is 0 Å². The summed E-state index contributed by atoms with van der Waals surface area (Å²) in [4.78, 5) is 23.8. The smallest absolute Gasteiger partial charge is 0.309 e. The number of benzene rings is 1. The van der Waals surface area contributed by atoms with Crippen LogP contribution in [0.25, 0.3) is 0 Å². The molecular weight excluding hydrogens is 392 g/mol. The first-order valence-electron chi connectivity index (χ1n) is 9.05. The van der Waals surface area contributed by atoms with Gasteiger partial charge in [-0.1, -0.05) is 24.9 Å². The van der Waals surface area contributed by atoms with Crippen LogP contribution in [-0.4, -0.2) is 44.3 Å². The average Bonchev–Trinajstić information content (AvgIpc) is 3.39. The van der Waals surface area contributed by atoms with Gasteiger partial charge in [-0.3, -0.25) is 9.59 Å². The van der Waals surface area contributed by atoms with Gasteiger partial charge in [0.15, 0.2) is 6.61 Å². The summed E-state index contributed by atoms with van der Waals surface area (Å²) in [6.45, 7) is 2.49. The summed E-state index contributed by atoms with van der Waals surface area (Å²) in [7, 11) is -3.63. The molecule has 2 aliphatic rings. The van der Waals surface area contributed by atoms with E-state index in [4.69, 9.17) is 16.3 Å². The number of anilines is 1. The van der Waals surface area contributed by atoms with Crippen molar-refractivity contribution in [3.63, 3.8) is 0 Å². The van der Waals surface area contributed by atoms with E-state index in [9.17, 15) is 18.0 Å². The fourth-order valence-corrected chi connectivity index (χ4v) is 4.80. The van der Waals surface area contributed by atoms with E-state index in [1.54, 1.807) is 0 Å². The molecule has 2 fully saturated rings. The number of piperidine rings is 1. The molecule has 1 aromatic rings. The molecule has 0 radical (unpaired) electrons. The molecule has 0 spiro atoms. The monoisotopic (exact) mass is 414 g/mol. The maximum absolute atomic E-state index is 12.8. The number of ether oxygens (including phenoxy) is 1. The number of amides is 1. The molecule has 1 amide bonds. The first kappa shape index (κ1) is 20.1. The third-order valence-corrected chi connectivity index (χ3v) is 7.15. The Hall–Kier alpha value is -1.64. The minimum atomic E-state index is -3.63. The number of halogens is 1. The molecule has 27 heavy (non-hydrogen) atoms. The van der Waals surface area contributed by atoms with Gasteiger partial charge in [0.05, 0.1) is 21.5 Å². The molecule has 0 aromatic heterocycles. The first-order chi connectivity index (χ1) is 12.8. The molecule has 0 unspecified atom stereocenters. The van der Waals surface area contributed by atoms with Gasteiger partial charge in [-0.15, -0.1) is 0 Å². The molecule has 1 saturated heterocycles. The molecule has 3 rings (SSSR count). The zero-order valence-electron chi connectivity index (χ0n) is 15.1. The molecule has 2 atom stereocenters. The lowest BCUT2D eigenvalue weighted by atomic mass is 10.2. The number of hydrogen-bond acceptors (Lipinski definition) is 5. The molecule has 1 N–H and O–H groups in total. The molecule has 1 aromatic carbocycles. The number of sulfonamides is 1. The predicted molar refractivity (Wildman–Crippen MR) is 101 cm³/mol. The van der Waals surface area contributed by atoms with Crippen molar-refractivity contribution in [2.24, 2.45) is 11.8 Å². The minimum absolute atomic E-state index is 0.0768. The molecule has 0 bridgehead atoms. The van der Waals surface area contributed by atoms with Gasteiger partial charge in [-0.05, 0) is 43.4 Å². The van der Waals surface area contributed by atoms with Crippen LogP contribution >= 0.6 is 11.6 Å². The van der Waals surface area contributed by atoms with Crippen molar-refractivity contribution in [1.82, 2.24) is 4.31 Å². The molecule has 1 heterocycles. The highest BCUT2D eigenvalue weighted by Gasteiger charge is 2.40. The average molecular weight is 415 g/mol. The fourth-order valence-electron chi connectivity index (χ4n) is 3.10. The summed E-state index contributed by atoms with van der Waals surface area (Å²) in [6.07, 6.45) is 3.47. The van der Waals surface area contributed by atoms with Crippen LogP contribution in [0.4, 0.5) is 5.69 Å². The summed E-state index contributed by atoms with van der Waals surface area (Å²) in [5.74, 6) is -0.776. The summed E-state index contributed by atoms with van der Waals surface area (Å²) < 4.78 is 32.0. The molecule has 1 aliphatic heterocycles. The Balaban J connectivity index is 1.66. The highest BCUT2D eigenvalue weighted by atomic mass is 35.5. The maximum Gasteiger partial charge on any atom is 0.309 e. The Kier molecular flexibility index (Phi) is 6.08. The Morgan fingerprint density at radius 2 is 1.93 bits per heavy atom. The van der Waals surface area contributed by atoms with Crippen LogP contribution in [0, 0.1) is 11.8 Å². The maximum atomic E-state index is 12.8. The number of rotatable bonds is 6. The Labute approximate surface area is 164 Å². The van der Waals surface area contributed by atoms with Crippen LogP contribution < -0.4 is 5.32 Å². The lowest BCUT2D eigenvalue weighted by Crippen LogP contribution is -2.35. The number of carbonyl (C=O) groups excluding carboxylic acids is 2. The van der Waals surface area contributed by atoms with Crippen LogP contribution in [0.15, 0.2) is 23.1 Å². The fraction of sp³-hybridized carbons (Fsp3) is 0.556. The molecule has 1 saturated carbocycles. The van der Waals surface area contributed by atoms with Crippen LogP contribution in [0.3, 0.4) is 0 Å². The van der Waals surface area contributed by atoms with Crippen molar-refractivity contribution in [3.05, 3.63) is 23.2 Å². The van der Waals surface area contributed by atoms with E-state index in [1.807, 2.05) is 6.92 Å². The van der Waals surface area contributed by atoms with Crippen LogP contribution in [-0.2, 0) is 24.3 Å². The number of nitrogens with one attached hydrogen (secondary N) is 1. The van der Waals surface area contributed by atoms with Crippen molar-refractivity contribution >= 4 is 39.2 Å². The van der Waals surface area contributed by atoms with Crippen LogP contribution in [0.5, 0.6) is 0 Å². The minimum Gasteiger partial charge on any atom is -0.455 e. The Morgan fingerprint density at radius 1 is 1.26 bits per heavy atom. The van der Waals surface area contributed by atoms with E-state index in [0.717, 1.165) is 25.7 Å². The van der Waals surface area contributed by atoms with E-state index < -0.39 is 22.5 Å². The number of carbonyl (C=O) groups is 2. The molecule has 148 valence electrons. The third-order valence-electron chi connectivity index (χ3n) is 4.92. The highest BCUT2D eigenvalue weighted by molar-refractivity contribution is 7.89. The zero-order valence-corrected chi connectivity index (χ0v) is 16.7. The largest absolute Gasteiger partial charge is 0.455 e. The molecule has 1 aliphatic carbocycles. The number of esters is 1. The van der Waals surface area contributed by atoms with Gasteiger partial charge < -0.3 is 10.1 Å². The van der Waals surface area contributed by atoms with E-state index in [2.05, 4.69) is 5.32 Å². The first-order valence-corrected chi connectivity index (χ1v) is 10.9. The van der Waals surface area contributed by atoms with Crippen LogP contribution in [0.2, 0.25) is 5.02 Å². The van der Waals surface area contributed by atoms with Crippen molar-refractivity contribution < 1.29 is 22.7 Å². The summed E-state index contributed by atoms with van der Waals surface area (Å²) in [5, 5.41) is 2.73. The van der Waals surface area contributed by atoms with Gasteiger partial charge in [0.1, 0.15) is 0 Å². The van der Waals surface area contributed by atoms with E-state index >= 15 is 0 Å². The van der Waals surface area contributed by atoms with Gasteiger partial charge in [0, 0.05) is 13.1 Å². The summed E-state index contributed by atoms with van der Waals surface area (Å²) in [6, 6.07) is 4.21. The van der Waals surface area contributed by atoms with Crippen molar-refractivity contribution in [2.75, 3.05) is 25.0 Å². The van der Waals surface area contributed by atoms with Crippen molar-refractivity contribution in [2.45, 2.75) is 37.5 Å². The number of hydrogen-bond donors (Lipinski definition) is 1. The summed E-state index contributed by atoms with van der Waals surface area (Å²) in [5.41, 5.74) is 0.176. The molecule has 9 heteroatoms. The Bertz CT molecular complexity index is 836. The highest BCUT2D eigenvalue weighted by Crippen LogP contribution is 2.38. The van der Waals surface area contributed by atoms with Gasteiger partial charge in [0.2, 0.25) is 10.0 Å². The summed E-state index contributed by atoms with van der Waals surface area (Å²) >= 11 is 6.09. The second-order valence-corrected chi connectivity index (χ2v) is 9.43. The lowest BCUT2D eigenvalue weighted by Gasteiger charge is -2.26. The lowest BCUT2D eigenvalue weighted by molar-refractivity contribution is -0.148. The normalized spacial score (nSPS) is 22.9. The SMILES string of the molecule is C[C@H]1C[C@H]1C(=O)OCC(=O)Nc1cc(S(=O)(=O)N2CCCCC2)ccc1Cl. The van der Waals surface area contributed by atoms with Gasteiger partial charge in [-0.2, -0.15) is 4.31 Å².